The molecule has 0 aliphatic carbocycles. The molecule has 8 nitrogen and oxygen atoms in total. The zero-order valence-electron chi connectivity index (χ0n) is 14.2. The van der Waals surface area contributed by atoms with E-state index in [9.17, 15) is 9.59 Å². The topological polar surface area (TPSA) is 107 Å². The Kier molecular flexibility index (Phi) is 5.57. The quantitative estimate of drug-likeness (QED) is 0.495. The number of esters is 1. The SMILES string of the molecule is CCC(OC(=O)CSc1nc2ccccc2o1)C(=O)Nc1cc(C)on1. The molecule has 2 aromatic heterocycles. The van der Waals surface area contributed by atoms with Gasteiger partial charge in [-0.15, -0.1) is 0 Å². The number of anilines is 1. The number of nitrogens with zero attached hydrogens (tertiary/aromatic N) is 2. The molecule has 0 saturated heterocycles. The number of hydrogen-bond acceptors (Lipinski definition) is 8. The number of carbonyl (C=O) groups is 2. The Bertz CT molecular complexity index is 887. The minimum absolute atomic E-state index is 0.0142. The third-order valence-corrected chi connectivity index (χ3v) is 4.21. The van der Waals surface area contributed by atoms with Gasteiger partial charge < -0.3 is 19.0 Å². The van der Waals surface area contributed by atoms with E-state index in [1.807, 2.05) is 18.2 Å². The Balaban J connectivity index is 1.52. The smallest absolute Gasteiger partial charge is 0.317 e. The molecule has 0 saturated carbocycles. The summed E-state index contributed by atoms with van der Waals surface area (Å²) in [7, 11) is 0. The van der Waals surface area contributed by atoms with Crippen molar-refractivity contribution in [2.75, 3.05) is 11.1 Å². The molecular formula is C17H17N3O5S. The predicted octanol–water partition coefficient (Wildman–Crippen LogP) is 3.18. The van der Waals surface area contributed by atoms with Crippen LogP contribution in [0.5, 0.6) is 0 Å². The standard InChI is InChI=1S/C17H17N3O5S/c1-3-12(16(22)19-14-8-10(2)25-20-14)23-15(21)9-26-17-18-11-6-4-5-7-13(11)24-17/h4-8,12H,3,9H2,1-2H3,(H,19,20,22). The summed E-state index contributed by atoms with van der Waals surface area (Å²) in [4.78, 5) is 28.5. The molecule has 1 aromatic carbocycles. The number of carbonyl (C=O) groups excluding carboxylic acids is 2. The summed E-state index contributed by atoms with van der Waals surface area (Å²) in [6, 6.07) is 8.90. The van der Waals surface area contributed by atoms with Gasteiger partial charge >= 0.3 is 5.97 Å². The number of nitrogens with one attached hydrogen (secondary N) is 1. The summed E-state index contributed by atoms with van der Waals surface area (Å²) < 4.78 is 15.6. The fourth-order valence-electron chi connectivity index (χ4n) is 2.18. The van der Waals surface area contributed by atoms with Crippen molar-refractivity contribution in [1.29, 1.82) is 0 Å². The van der Waals surface area contributed by atoms with Crippen molar-refractivity contribution in [3.63, 3.8) is 0 Å². The van der Waals surface area contributed by atoms with Gasteiger partial charge in [0.05, 0.1) is 0 Å². The first-order valence-electron chi connectivity index (χ1n) is 7.97. The van der Waals surface area contributed by atoms with Crippen LogP contribution in [0.25, 0.3) is 11.1 Å². The Labute approximate surface area is 153 Å². The Morgan fingerprint density at radius 2 is 2.15 bits per heavy atom. The van der Waals surface area contributed by atoms with Crippen LogP contribution in [0, 0.1) is 6.92 Å². The van der Waals surface area contributed by atoms with Crippen molar-refractivity contribution in [2.45, 2.75) is 31.6 Å². The maximum absolute atomic E-state index is 12.2. The monoisotopic (exact) mass is 375 g/mol. The van der Waals surface area contributed by atoms with Crippen molar-refractivity contribution in [2.24, 2.45) is 0 Å². The van der Waals surface area contributed by atoms with Crippen LogP contribution in [0.3, 0.4) is 0 Å². The van der Waals surface area contributed by atoms with Crippen LogP contribution >= 0.6 is 11.8 Å². The van der Waals surface area contributed by atoms with E-state index in [2.05, 4.69) is 15.5 Å². The number of aromatic nitrogens is 2. The normalized spacial score (nSPS) is 12.1. The third-order valence-electron chi connectivity index (χ3n) is 3.40. The van der Waals surface area contributed by atoms with E-state index in [0.717, 1.165) is 17.3 Å². The number of hydrogen-bond donors (Lipinski definition) is 1. The maximum atomic E-state index is 12.2. The van der Waals surface area contributed by atoms with Crippen LogP contribution in [0.4, 0.5) is 5.82 Å². The highest BCUT2D eigenvalue weighted by Gasteiger charge is 2.22. The minimum Gasteiger partial charge on any atom is -0.452 e. The molecule has 9 heteroatoms. The van der Waals surface area contributed by atoms with Crippen molar-refractivity contribution in [3.05, 3.63) is 36.1 Å². The molecule has 136 valence electrons. The van der Waals surface area contributed by atoms with Crippen LogP contribution < -0.4 is 5.32 Å². The molecule has 1 unspecified atom stereocenters. The summed E-state index contributed by atoms with van der Waals surface area (Å²) in [6.45, 7) is 3.46. The van der Waals surface area contributed by atoms with Crippen molar-refractivity contribution in [3.8, 4) is 0 Å². The molecule has 3 aromatic rings. The second-order valence-corrected chi connectivity index (χ2v) is 6.36. The van der Waals surface area contributed by atoms with Gasteiger partial charge in [0.1, 0.15) is 17.0 Å². The first kappa shape index (κ1) is 18.0. The number of benzene rings is 1. The number of amides is 1. The van der Waals surface area contributed by atoms with Gasteiger partial charge in [-0.25, -0.2) is 4.98 Å². The van der Waals surface area contributed by atoms with Gasteiger partial charge in [-0.2, -0.15) is 0 Å². The highest BCUT2D eigenvalue weighted by atomic mass is 32.2. The summed E-state index contributed by atoms with van der Waals surface area (Å²) in [5.41, 5.74) is 1.37. The molecule has 26 heavy (non-hydrogen) atoms. The van der Waals surface area contributed by atoms with Gasteiger partial charge in [0.2, 0.25) is 0 Å². The van der Waals surface area contributed by atoms with Gasteiger partial charge in [-0.05, 0) is 25.5 Å². The van der Waals surface area contributed by atoms with Crippen LogP contribution in [0.2, 0.25) is 0 Å². The van der Waals surface area contributed by atoms with E-state index in [-0.39, 0.29) is 11.6 Å². The molecule has 1 atom stereocenters. The molecule has 1 N–H and O–H groups in total. The summed E-state index contributed by atoms with van der Waals surface area (Å²) >= 11 is 1.11. The molecule has 0 fully saturated rings. The van der Waals surface area contributed by atoms with Gasteiger partial charge in [0.25, 0.3) is 11.1 Å². The lowest BCUT2D eigenvalue weighted by Gasteiger charge is -2.14. The highest BCUT2D eigenvalue weighted by molar-refractivity contribution is 7.99. The van der Waals surface area contributed by atoms with E-state index in [1.54, 1.807) is 26.0 Å². The number of rotatable bonds is 7. The number of fused-ring (bicyclic) bond motifs is 1. The molecule has 0 bridgehead atoms. The molecule has 1 amide bonds. The highest BCUT2D eigenvalue weighted by Crippen LogP contribution is 2.23. The molecule has 0 aliphatic rings. The lowest BCUT2D eigenvalue weighted by atomic mass is 10.2. The molecule has 2 heterocycles. The van der Waals surface area contributed by atoms with Gasteiger partial charge in [0, 0.05) is 6.07 Å². The van der Waals surface area contributed by atoms with Crippen molar-refractivity contribution >= 4 is 40.6 Å². The Hall–Kier alpha value is -2.81. The number of oxazole rings is 1. The van der Waals surface area contributed by atoms with Crippen molar-refractivity contribution < 1.29 is 23.3 Å². The van der Waals surface area contributed by atoms with Crippen LogP contribution in [0.1, 0.15) is 19.1 Å². The fraction of sp³-hybridized carbons (Fsp3) is 0.294. The zero-order chi connectivity index (χ0) is 18.5. The number of thioether (sulfide) groups is 1. The second kappa shape index (κ2) is 8.05. The van der Waals surface area contributed by atoms with E-state index in [1.165, 1.54) is 0 Å². The second-order valence-electron chi connectivity index (χ2n) is 5.43. The van der Waals surface area contributed by atoms with Gasteiger partial charge in [-0.3, -0.25) is 9.59 Å². The van der Waals surface area contributed by atoms with E-state index >= 15 is 0 Å². The Morgan fingerprint density at radius 1 is 1.35 bits per heavy atom. The summed E-state index contributed by atoms with van der Waals surface area (Å²) in [6.07, 6.45) is -0.578. The molecule has 0 spiro atoms. The lowest BCUT2D eigenvalue weighted by molar-refractivity contribution is -0.151. The predicted molar refractivity (Wildman–Crippen MR) is 94.8 cm³/mol. The average molecular weight is 375 g/mol. The third kappa shape index (κ3) is 4.42. The van der Waals surface area contributed by atoms with Crippen molar-refractivity contribution in [1.82, 2.24) is 10.1 Å². The molecule has 0 radical (unpaired) electrons. The summed E-state index contributed by atoms with van der Waals surface area (Å²) in [5, 5.41) is 6.60. The van der Waals surface area contributed by atoms with E-state index in [0.29, 0.717) is 23.0 Å². The lowest BCUT2D eigenvalue weighted by Crippen LogP contribution is -2.32. The largest absolute Gasteiger partial charge is 0.452 e. The molecule has 3 rings (SSSR count). The minimum atomic E-state index is -0.913. The maximum Gasteiger partial charge on any atom is 0.317 e. The summed E-state index contributed by atoms with van der Waals surface area (Å²) in [5.74, 6) is -0.154. The first-order valence-corrected chi connectivity index (χ1v) is 8.95. The van der Waals surface area contributed by atoms with Crippen LogP contribution in [-0.2, 0) is 14.3 Å². The molecule has 0 aliphatic heterocycles. The van der Waals surface area contributed by atoms with E-state index < -0.39 is 18.0 Å². The first-order chi connectivity index (χ1) is 12.5. The Morgan fingerprint density at radius 3 is 2.85 bits per heavy atom. The van der Waals surface area contributed by atoms with Crippen LogP contribution in [0.15, 0.2) is 44.5 Å². The fourth-order valence-corrected chi connectivity index (χ4v) is 2.80. The number of aryl methyl sites for hydroxylation is 1. The zero-order valence-corrected chi connectivity index (χ0v) is 15.0. The van der Waals surface area contributed by atoms with Crippen LogP contribution in [-0.4, -0.2) is 33.9 Å². The van der Waals surface area contributed by atoms with E-state index in [4.69, 9.17) is 13.7 Å². The van der Waals surface area contributed by atoms with Gasteiger partial charge in [0.15, 0.2) is 17.5 Å². The number of ether oxygens (including phenoxy) is 1. The molecular weight excluding hydrogens is 358 g/mol. The van der Waals surface area contributed by atoms with Gasteiger partial charge in [-0.1, -0.05) is 36.0 Å². The number of para-hydroxylation sites is 2. The average Bonchev–Trinajstić information content (AvgIpc) is 3.23.